The number of aliphatic hydroxyl groups is 1. The van der Waals surface area contributed by atoms with Crippen molar-refractivity contribution in [1.29, 1.82) is 0 Å². The Hall–Kier alpha value is -2.93. The van der Waals surface area contributed by atoms with E-state index in [1.54, 1.807) is 17.3 Å². The molecule has 2 aliphatic rings. The van der Waals surface area contributed by atoms with Crippen LogP contribution in [0, 0.1) is 0 Å². The van der Waals surface area contributed by atoms with Crippen molar-refractivity contribution in [2.75, 3.05) is 43.5 Å². The van der Waals surface area contributed by atoms with Crippen molar-refractivity contribution >= 4 is 39.2 Å². The Morgan fingerprint density at radius 2 is 2.00 bits per heavy atom. The molecule has 34 heavy (non-hydrogen) atoms. The van der Waals surface area contributed by atoms with E-state index >= 15 is 0 Å². The van der Waals surface area contributed by atoms with Gasteiger partial charge in [0.05, 0.1) is 35.2 Å². The average Bonchev–Trinajstić information content (AvgIpc) is 3.29. The zero-order chi connectivity index (χ0) is 23.9. The van der Waals surface area contributed by atoms with Gasteiger partial charge < -0.3 is 31.1 Å². The van der Waals surface area contributed by atoms with Gasteiger partial charge in [0.25, 0.3) is 0 Å². The van der Waals surface area contributed by atoms with E-state index in [0.717, 1.165) is 20.9 Å². The smallest absolute Gasteiger partial charge is 0.223 e. The number of likely N-dealkylation sites (tertiary alicyclic amines) is 1. The molecule has 11 nitrogen and oxygen atoms in total. The van der Waals surface area contributed by atoms with Crippen LogP contribution in [0.3, 0.4) is 0 Å². The topological polar surface area (TPSA) is 157 Å². The molecule has 0 spiro atoms. The van der Waals surface area contributed by atoms with Gasteiger partial charge in [0.15, 0.2) is 11.6 Å². The second-order valence-corrected chi connectivity index (χ2v) is 9.67. The number of piperidine rings is 1. The van der Waals surface area contributed by atoms with Gasteiger partial charge in [-0.15, -0.1) is 11.3 Å². The molecule has 3 aromatic rings. The number of anilines is 2. The molecular formula is C22H28N8O3S. The molecule has 12 heteroatoms. The highest BCUT2D eigenvalue weighted by atomic mass is 32.1. The highest BCUT2D eigenvalue weighted by molar-refractivity contribution is 7.19. The Morgan fingerprint density at radius 1 is 1.26 bits per heavy atom. The summed E-state index contributed by atoms with van der Waals surface area (Å²) in [5.74, 6) is 1.47. The van der Waals surface area contributed by atoms with E-state index in [1.165, 1.54) is 11.3 Å². The Balaban J connectivity index is 1.56. The number of carbonyl (C=O) groups excluding carboxylic acids is 1. The largest absolute Gasteiger partial charge is 0.384 e. The molecule has 5 N–H and O–H groups in total. The number of amides is 1. The van der Waals surface area contributed by atoms with Crippen molar-refractivity contribution in [2.45, 2.75) is 38.0 Å². The molecule has 5 heterocycles. The van der Waals surface area contributed by atoms with E-state index in [4.69, 9.17) is 26.2 Å². The average molecular weight is 485 g/mol. The molecule has 2 saturated heterocycles. The van der Waals surface area contributed by atoms with Gasteiger partial charge in [0, 0.05) is 49.7 Å². The minimum absolute atomic E-state index is 0.00159. The van der Waals surface area contributed by atoms with Gasteiger partial charge in [0.2, 0.25) is 11.9 Å². The maximum absolute atomic E-state index is 12.2. The molecule has 0 aromatic carbocycles. The minimum atomic E-state index is -1.14. The fourth-order valence-electron chi connectivity index (χ4n) is 4.48. The van der Waals surface area contributed by atoms with Crippen LogP contribution in [0.15, 0.2) is 18.5 Å². The molecule has 0 bridgehead atoms. The molecule has 0 radical (unpaired) electrons. The Morgan fingerprint density at radius 3 is 2.68 bits per heavy atom. The highest BCUT2D eigenvalue weighted by Gasteiger charge is 2.41. The summed E-state index contributed by atoms with van der Waals surface area (Å²) in [5, 5.41) is 11.6. The molecule has 5 rings (SSSR count). The summed E-state index contributed by atoms with van der Waals surface area (Å²) in [6, 6.07) is 1.91. The maximum Gasteiger partial charge on any atom is 0.223 e. The van der Waals surface area contributed by atoms with Crippen molar-refractivity contribution in [1.82, 2.24) is 24.8 Å². The molecular weight excluding hydrogens is 456 g/mol. The first-order valence-electron chi connectivity index (χ1n) is 11.4. The number of fused-ring (bicyclic) bond motifs is 1. The minimum Gasteiger partial charge on any atom is -0.384 e. The molecule has 0 aliphatic carbocycles. The van der Waals surface area contributed by atoms with Crippen LogP contribution in [0.2, 0.25) is 0 Å². The third kappa shape index (κ3) is 4.17. The van der Waals surface area contributed by atoms with Gasteiger partial charge in [-0.2, -0.15) is 0 Å². The second-order valence-electron chi connectivity index (χ2n) is 8.62. The number of aromatic nitrogens is 4. The lowest BCUT2D eigenvalue weighted by Gasteiger charge is -2.42. The molecule has 1 amide bonds. The quantitative estimate of drug-likeness (QED) is 0.489. The number of nitrogens with two attached hydrogens (primary N) is 2. The van der Waals surface area contributed by atoms with Crippen molar-refractivity contribution in [3.8, 4) is 11.4 Å². The van der Waals surface area contributed by atoms with Crippen LogP contribution in [0.1, 0.15) is 31.1 Å². The van der Waals surface area contributed by atoms with Crippen molar-refractivity contribution in [3.63, 3.8) is 0 Å². The van der Waals surface area contributed by atoms with Gasteiger partial charge in [-0.05, 0) is 12.5 Å². The van der Waals surface area contributed by atoms with Crippen molar-refractivity contribution in [3.05, 3.63) is 23.3 Å². The van der Waals surface area contributed by atoms with Crippen LogP contribution in [0.5, 0.6) is 0 Å². The number of morpholine rings is 1. The summed E-state index contributed by atoms with van der Waals surface area (Å²) >= 11 is 1.48. The van der Waals surface area contributed by atoms with Crippen molar-refractivity contribution in [2.24, 2.45) is 5.73 Å². The summed E-state index contributed by atoms with van der Waals surface area (Å²) in [6.45, 7) is 4.88. The van der Waals surface area contributed by atoms with Gasteiger partial charge >= 0.3 is 0 Å². The van der Waals surface area contributed by atoms with Crippen LogP contribution in [0.4, 0.5) is 11.8 Å². The monoisotopic (exact) mass is 484 g/mol. The number of nitrogen functional groups attached to an aromatic ring is 1. The summed E-state index contributed by atoms with van der Waals surface area (Å²) in [4.78, 5) is 34.6. The van der Waals surface area contributed by atoms with Gasteiger partial charge in [0.1, 0.15) is 5.60 Å². The summed E-state index contributed by atoms with van der Waals surface area (Å²) in [5.41, 5.74) is 12.2. The number of nitrogens with zero attached hydrogens (tertiary/aromatic N) is 6. The fourth-order valence-corrected chi connectivity index (χ4v) is 5.72. The number of hydrogen-bond acceptors (Lipinski definition) is 11. The molecule has 2 aliphatic heterocycles. The Bertz CT molecular complexity index is 1200. The normalized spacial score (nSPS) is 23.4. The SMILES string of the molecule is CCC(=O)N1CCC(O)(c2cc3nc(-c4cnc(N)nc4)nc(N4CCOCC4)c3s2)CC1N. The Labute approximate surface area is 200 Å². The third-order valence-electron chi connectivity index (χ3n) is 6.39. The lowest BCUT2D eigenvalue weighted by atomic mass is 9.88. The zero-order valence-corrected chi connectivity index (χ0v) is 19.8. The van der Waals surface area contributed by atoms with Gasteiger partial charge in [-0.3, -0.25) is 4.79 Å². The first-order valence-corrected chi connectivity index (χ1v) is 12.2. The van der Waals surface area contributed by atoms with Crippen LogP contribution < -0.4 is 16.4 Å². The van der Waals surface area contributed by atoms with Crippen LogP contribution in [0.25, 0.3) is 21.6 Å². The Kier molecular flexibility index (Phi) is 6.06. The molecule has 3 aromatic heterocycles. The molecule has 180 valence electrons. The van der Waals surface area contributed by atoms with Crippen molar-refractivity contribution < 1.29 is 14.6 Å². The van der Waals surface area contributed by atoms with E-state index in [1.807, 2.05) is 13.0 Å². The first-order chi connectivity index (χ1) is 16.4. The van der Waals surface area contributed by atoms with E-state index < -0.39 is 11.8 Å². The van der Waals surface area contributed by atoms with E-state index in [-0.39, 0.29) is 18.3 Å². The van der Waals surface area contributed by atoms with Crippen LogP contribution >= 0.6 is 11.3 Å². The molecule has 2 fully saturated rings. The predicted molar refractivity (Wildman–Crippen MR) is 129 cm³/mol. The maximum atomic E-state index is 12.2. The van der Waals surface area contributed by atoms with E-state index in [2.05, 4.69) is 14.9 Å². The number of hydrogen-bond donors (Lipinski definition) is 3. The lowest BCUT2D eigenvalue weighted by molar-refractivity contribution is -0.139. The van der Waals surface area contributed by atoms with E-state index in [9.17, 15) is 9.90 Å². The first kappa shape index (κ1) is 22.8. The molecule has 2 unspecified atom stereocenters. The number of rotatable bonds is 4. The lowest BCUT2D eigenvalue weighted by Crippen LogP contribution is -2.55. The van der Waals surface area contributed by atoms with E-state index in [0.29, 0.717) is 57.1 Å². The number of carbonyl (C=O) groups is 1. The molecule has 0 saturated carbocycles. The summed E-state index contributed by atoms with van der Waals surface area (Å²) in [7, 11) is 0. The van der Waals surface area contributed by atoms with Gasteiger partial charge in [-0.25, -0.2) is 19.9 Å². The zero-order valence-electron chi connectivity index (χ0n) is 19.0. The number of ether oxygens (including phenoxy) is 1. The number of thiophene rings is 1. The summed E-state index contributed by atoms with van der Waals surface area (Å²) in [6.07, 6.45) is 3.75. The fraction of sp³-hybridized carbons (Fsp3) is 0.500. The third-order valence-corrected chi connectivity index (χ3v) is 7.70. The second kappa shape index (κ2) is 9.02. The highest BCUT2D eigenvalue weighted by Crippen LogP contribution is 2.43. The summed E-state index contributed by atoms with van der Waals surface area (Å²) < 4.78 is 6.42. The van der Waals surface area contributed by atoms with Crippen LogP contribution in [-0.2, 0) is 15.1 Å². The standard InChI is InChI=1S/C22H28N8O3S/c1-2-17(31)30-4-3-22(32,10-16(30)23)15-9-14-18(34-15)20(29-5-7-33-8-6-29)28-19(27-14)13-11-25-21(24)26-12-13/h9,11-12,16,32H,2-8,10,23H2,1H3,(H2,24,25,26). The molecule has 2 atom stereocenters. The van der Waals surface area contributed by atoms with Gasteiger partial charge in [-0.1, -0.05) is 6.92 Å². The van der Waals surface area contributed by atoms with Crippen LogP contribution in [-0.4, -0.2) is 74.9 Å². The predicted octanol–water partition coefficient (Wildman–Crippen LogP) is 1.07.